The van der Waals surface area contributed by atoms with E-state index in [-0.39, 0.29) is 18.3 Å². The van der Waals surface area contributed by atoms with Gasteiger partial charge in [0.05, 0.1) is 19.3 Å². The molecule has 1 aliphatic carbocycles. The number of ether oxygens (including phenoxy) is 2. The van der Waals surface area contributed by atoms with Crippen LogP contribution in [0, 0.1) is 0 Å². The first kappa shape index (κ1) is 20.9. The molecule has 0 amide bonds. The molecule has 31 heavy (non-hydrogen) atoms. The standard InChI is InChI=1S/C26H27NO4/c1-4-31-26(29)23-16(2)27-21-14-19(17-8-6-5-7-9-17)15-22(28)25(21)24(23)18-10-12-20(30-3)13-11-18/h5-13,19,24,27H,4,14-15H2,1-3H3. The number of nitrogens with one attached hydrogen (secondary N) is 1. The van der Waals surface area contributed by atoms with Crippen LogP contribution in [-0.4, -0.2) is 25.5 Å². The molecule has 4 rings (SSSR count). The average molecular weight is 418 g/mol. The Labute approximate surface area is 182 Å². The maximum absolute atomic E-state index is 13.5. The number of ketones is 1. The van der Waals surface area contributed by atoms with Crippen molar-refractivity contribution in [1.82, 2.24) is 5.32 Å². The number of esters is 1. The van der Waals surface area contributed by atoms with Gasteiger partial charge in [-0.3, -0.25) is 4.79 Å². The number of carbonyl (C=O) groups is 2. The number of methoxy groups -OCH3 is 1. The van der Waals surface area contributed by atoms with E-state index >= 15 is 0 Å². The Bertz CT molecular complexity index is 1050. The van der Waals surface area contributed by atoms with Crippen molar-refractivity contribution in [2.24, 2.45) is 0 Å². The van der Waals surface area contributed by atoms with E-state index in [0.29, 0.717) is 17.6 Å². The lowest BCUT2D eigenvalue weighted by atomic mass is 9.72. The Kier molecular flexibility index (Phi) is 5.94. The fourth-order valence-corrected chi connectivity index (χ4v) is 4.61. The molecule has 0 bridgehead atoms. The zero-order valence-corrected chi connectivity index (χ0v) is 18.1. The van der Waals surface area contributed by atoms with Gasteiger partial charge in [-0.05, 0) is 49.4 Å². The fraction of sp³-hybridized carbons (Fsp3) is 0.308. The maximum Gasteiger partial charge on any atom is 0.336 e. The summed E-state index contributed by atoms with van der Waals surface area (Å²) in [5.74, 6) is 0.0683. The molecule has 1 aliphatic heterocycles. The Morgan fingerprint density at radius 2 is 1.74 bits per heavy atom. The SMILES string of the molecule is CCOC(=O)C1=C(C)NC2=C(C(=O)CC(c3ccccc3)C2)C1c1ccc(OC)cc1. The predicted octanol–water partition coefficient (Wildman–Crippen LogP) is 4.62. The third kappa shape index (κ3) is 4.00. The van der Waals surface area contributed by atoms with Gasteiger partial charge >= 0.3 is 5.97 Å². The quantitative estimate of drug-likeness (QED) is 0.719. The molecule has 5 nitrogen and oxygen atoms in total. The zero-order valence-electron chi connectivity index (χ0n) is 18.1. The minimum Gasteiger partial charge on any atom is -0.497 e. The van der Waals surface area contributed by atoms with Crippen molar-refractivity contribution in [2.75, 3.05) is 13.7 Å². The van der Waals surface area contributed by atoms with Crippen LogP contribution in [0.3, 0.4) is 0 Å². The normalized spacial score (nSPS) is 20.8. The number of benzene rings is 2. The van der Waals surface area contributed by atoms with Crippen molar-refractivity contribution in [3.8, 4) is 5.75 Å². The molecule has 0 saturated heterocycles. The van der Waals surface area contributed by atoms with Gasteiger partial charge in [0.25, 0.3) is 0 Å². The third-order valence-electron chi connectivity index (χ3n) is 6.04. The van der Waals surface area contributed by atoms with Gasteiger partial charge in [-0.15, -0.1) is 0 Å². The summed E-state index contributed by atoms with van der Waals surface area (Å²) in [5.41, 5.74) is 4.84. The minimum atomic E-state index is -0.453. The number of Topliss-reactive ketones (excluding diaryl/α,β-unsaturated/α-hetero) is 1. The first-order valence-electron chi connectivity index (χ1n) is 10.6. The first-order valence-corrected chi connectivity index (χ1v) is 10.6. The van der Waals surface area contributed by atoms with E-state index in [1.807, 2.05) is 49.4 Å². The highest BCUT2D eigenvalue weighted by atomic mass is 16.5. The number of allylic oxidation sites excluding steroid dienone is 3. The van der Waals surface area contributed by atoms with E-state index in [9.17, 15) is 9.59 Å². The molecule has 5 heteroatoms. The van der Waals surface area contributed by atoms with Crippen LogP contribution in [0.2, 0.25) is 0 Å². The summed E-state index contributed by atoms with van der Waals surface area (Å²) >= 11 is 0. The Hall–Kier alpha value is -3.34. The van der Waals surface area contributed by atoms with Crippen LogP contribution in [-0.2, 0) is 14.3 Å². The highest BCUT2D eigenvalue weighted by molar-refractivity contribution is 6.04. The van der Waals surface area contributed by atoms with Crippen molar-refractivity contribution in [1.29, 1.82) is 0 Å². The molecule has 1 heterocycles. The third-order valence-corrected chi connectivity index (χ3v) is 6.04. The highest BCUT2D eigenvalue weighted by Crippen LogP contribution is 2.45. The van der Waals surface area contributed by atoms with Gasteiger partial charge in [-0.2, -0.15) is 0 Å². The predicted molar refractivity (Wildman–Crippen MR) is 119 cm³/mol. The van der Waals surface area contributed by atoms with Crippen LogP contribution >= 0.6 is 0 Å². The summed E-state index contributed by atoms with van der Waals surface area (Å²) in [6, 6.07) is 17.7. The zero-order chi connectivity index (χ0) is 22.0. The van der Waals surface area contributed by atoms with E-state index in [1.165, 1.54) is 0 Å². The van der Waals surface area contributed by atoms with Crippen molar-refractivity contribution in [3.63, 3.8) is 0 Å². The highest BCUT2D eigenvalue weighted by Gasteiger charge is 2.41. The van der Waals surface area contributed by atoms with Gasteiger partial charge in [0.15, 0.2) is 5.78 Å². The van der Waals surface area contributed by atoms with Gasteiger partial charge in [0, 0.05) is 29.3 Å². The Morgan fingerprint density at radius 3 is 2.39 bits per heavy atom. The fourth-order valence-electron chi connectivity index (χ4n) is 4.61. The summed E-state index contributed by atoms with van der Waals surface area (Å²) in [5, 5.41) is 3.37. The van der Waals surface area contributed by atoms with E-state index in [4.69, 9.17) is 9.47 Å². The second kappa shape index (κ2) is 8.80. The second-order valence-electron chi connectivity index (χ2n) is 7.92. The lowest BCUT2D eigenvalue weighted by Gasteiger charge is -2.36. The summed E-state index contributed by atoms with van der Waals surface area (Å²) in [6.07, 6.45) is 1.15. The lowest BCUT2D eigenvalue weighted by molar-refractivity contribution is -0.138. The topological polar surface area (TPSA) is 64.6 Å². The number of dihydropyridines is 1. The lowest BCUT2D eigenvalue weighted by Crippen LogP contribution is -2.36. The first-order chi connectivity index (χ1) is 15.0. The Balaban J connectivity index is 1.79. The molecule has 2 unspecified atom stereocenters. The molecule has 0 spiro atoms. The van der Waals surface area contributed by atoms with Crippen LogP contribution in [0.1, 0.15) is 49.7 Å². The van der Waals surface area contributed by atoms with Gasteiger partial charge in [-0.25, -0.2) is 4.79 Å². The largest absolute Gasteiger partial charge is 0.497 e. The molecule has 1 N–H and O–H groups in total. The van der Waals surface area contributed by atoms with Gasteiger partial charge < -0.3 is 14.8 Å². The van der Waals surface area contributed by atoms with Crippen molar-refractivity contribution < 1.29 is 19.1 Å². The maximum atomic E-state index is 13.5. The van der Waals surface area contributed by atoms with Crippen molar-refractivity contribution >= 4 is 11.8 Å². The molecule has 0 aromatic heterocycles. The minimum absolute atomic E-state index is 0.0673. The molecule has 2 aliphatic rings. The summed E-state index contributed by atoms with van der Waals surface area (Å²) in [6.45, 7) is 3.94. The molecular weight excluding hydrogens is 390 g/mol. The van der Waals surface area contributed by atoms with Crippen LogP contribution < -0.4 is 10.1 Å². The molecule has 0 saturated carbocycles. The van der Waals surface area contributed by atoms with E-state index in [2.05, 4.69) is 17.4 Å². The van der Waals surface area contributed by atoms with E-state index < -0.39 is 11.9 Å². The molecular formula is C26H27NO4. The summed E-state index contributed by atoms with van der Waals surface area (Å²) in [4.78, 5) is 26.4. The van der Waals surface area contributed by atoms with Crippen molar-refractivity contribution in [3.05, 3.63) is 88.3 Å². The smallest absolute Gasteiger partial charge is 0.336 e. The number of hydrogen-bond acceptors (Lipinski definition) is 5. The number of carbonyl (C=O) groups excluding carboxylic acids is 2. The molecule has 0 fully saturated rings. The van der Waals surface area contributed by atoms with Gasteiger partial charge in [-0.1, -0.05) is 42.5 Å². The Morgan fingerprint density at radius 1 is 1.03 bits per heavy atom. The molecule has 0 radical (unpaired) electrons. The van der Waals surface area contributed by atoms with Crippen LogP contribution in [0.25, 0.3) is 0 Å². The summed E-state index contributed by atoms with van der Waals surface area (Å²) < 4.78 is 10.6. The van der Waals surface area contributed by atoms with Crippen LogP contribution in [0.15, 0.2) is 77.1 Å². The number of rotatable bonds is 5. The van der Waals surface area contributed by atoms with Gasteiger partial charge in [0.2, 0.25) is 0 Å². The van der Waals surface area contributed by atoms with E-state index in [0.717, 1.165) is 34.7 Å². The van der Waals surface area contributed by atoms with E-state index in [1.54, 1.807) is 14.0 Å². The molecule has 2 aromatic rings. The second-order valence-corrected chi connectivity index (χ2v) is 7.92. The van der Waals surface area contributed by atoms with Gasteiger partial charge in [0.1, 0.15) is 5.75 Å². The summed E-state index contributed by atoms with van der Waals surface area (Å²) in [7, 11) is 1.61. The van der Waals surface area contributed by atoms with Crippen molar-refractivity contribution in [2.45, 2.75) is 38.5 Å². The van der Waals surface area contributed by atoms with Crippen LogP contribution in [0.4, 0.5) is 0 Å². The number of hydrogen-bond donors (Lipinski definition) is 1. The molecule has 2 aromatic carbocycles. The molecule has 2 atom stereocenters. The average Bonchev–Trinajstić information content (AvgIpc) is 2.78. The monoisotopic (exact) mass is 417 g/mol. The van der Waals surface area contributed by atoms with Crippen LogP contribution in [0.5, 0.6) is 5.75 Å². The molecule has 160 valence electrons.